The van der Waals surface area contributed by atoms with Gasteiger partial charge in [0, 0.05) is 24.5 Å². The smallest absolute Gasteiger partial charge is 0.295 e. The molecule has 2 aromatic carbocycles. The van der Waals surface area contributed by atoms with Crippen LogP contribution in [0.5, 0.6) is 5.75 Å². The Hall–Kier alpha value is -3.93. The van der Waals surface area contributed by atoms with Gasteiger partial charge < -0.3 is 14.7 Å². The molecule has 0 radical (unpaired) electrons. The summed E-state index contributed by atoms with van der Waals surface area (Å²) < 4.78 is 5.68. The van der Waals surface area contributed by atoms with Crippen LogP contribution >= 0.6 is 0 Å². The Kier molecular flexibility index (Phi) is 5.42. The quantitative estimate of drug-likeness (QED) is 0.371. The minimum atomic E-state index is -0.697. The van der Waals surface area contributed by atoms with Crippen molar-refractivity contribution in [3.05, 3.63) is 100 Å². The highest BCUT2D eigenvalue weighted by molar-refractivity contribution is 6.46. The highest BCUT2D eigenvalue weighted by atomic mass is 16.5. The zero-order chi connectivity index (χ0) is 22.9. The fraction of sp³-hybridized carbons (Fsp3) is 0.222. The summed E-state index contributed by atoms with van der Waals surface area (Å²) in [6.07, 6.45) is 5.08. The normalized spacial score (nSPS) is 19.3. The highest BCUT2D eigenvalue weighted by Crippen LogP contribution is 2.41. The number of carbonyl (C=O) groups is 2. The number of aryl methyl sites for hydroxylation is 2. The molecular weight excluding hydrogens is 416 g/mol. The number of aliphatic hydroxyl groups excluding tert-OH is 1. The third kappa shape index (κ3) is 3.89. The van der Waals surface area contributed by atoms with Crippen molar-refractivity contribution in [3.8, 4) is 5.75 Å². The molecular formula is C27H24N2O4. The van der Waals surface area contributed by atoms with Crippen molar-refractivity contribution in [1.29, 1.82) is 0 Å². The summed E-state index contributed by atoms with van der Waals surface area (Å²) in [4.78, 5) is 32.0. The van der Waals surface area contributed by atoms with Gasteiger partial charge in [0.2, 0.25) is 0 Å². The number of hydrogen-bond donors (Lipinski definition) is 1. The van der Waals surface area contributed by atoms with Crippen molar-refractivity contribution in [1.82, 2.24) is 9.88 Å². The summed E-state index contributed by atoms with van der Waals surface area (Å²) in [6, 6.07) is 16.0. The molecule has 2 aliphatic heterocycles. The van der Waals surface area contributed by atoms with Gasteiger partial charge in [-0.3, -0.25) is 14.6 Å². The first-order valence-electron chi connectivity index (χ1n) is 11.0. The molecule has 1 N–H and O–H groups in total. The zero-order valence-electron chi connectivity index (χ0n) is 18.3. The van der Waals surface area contributed by atoms with E-state index in [1.807, 2.05) is 49.4 Å². The van der Waals surface area contributed by atoms with Gasteiger partial charge in [0.1, 0.15) is 11.5 Å². The second kappa shape index (κ2) is 8.54. The largest absolute Gasteiger partial charge is 0.507 e. The molecule has 6 nitrogen and oxygen atoms in total. The number of ether oxygens (including phenoxy) is 1. The van der Waals surface area contributed by atoms with E-state index in [1.54, 1.807) is 24.5 Å². The van der Waals surface area contributed by atoms with E-state index in [-0.39, 0.29) is 17.9 Å². The molecule has 1 amide bonds. The summed E-state index contributed by atoms with van der Waals surface area (Å²) in [6.45, 7) is 2.84. The number of rotatable bonds is 4. The molecule has 5 rings (SSSR count). The number of Topliss-reactive ketones (excluding diaryl/α,β-unsaturated/α-hetero) is 1. The molecule has 6 heteroatoms. The summed E-state index contributed by atoms with van der Waals surface area (Å²) in [5.74, 6) is -0.683. The molecule has 166 valence electrons. The molecule has 0 spiro atoms. The molecule has 0 saturated carbocycles. The number of hydrogen-bond acceptors (Lipinski definition) is 5. The zero-order valence-corrected chi connectivity index (χ0v) is 18.3. The van der Waals surface area contributed by atoms with Crippen LogP contribution in [-0.4, -0.2) is 33.3 Å². The Morgan fingerprint density at radius 3 is 2.82 bits per heavy atom. The molecule has 0 aliphatic carbocycles. The monoisotopic (exact) mass is 440 g/mol. The van der Waals surface area contributed by atoms with E-state index >= 15 is 0 Å². The third-order valence-corrected chi connectivity index (χ3v) is 6.16. The fourth-order valence-corrected chi connectivity index (χ4v) is 4.58. The van der Waals surface area contributed by atoms with Crippen molar-refractivity contribution in [2.24, 2.45) is 0 Å². The summed E-state index contributed by atoms with van der Waals surface area (Å²) >= 11 is 0. The lowest BCUT2D eigenvalue weighted by Gasteiger charge is -2.25. The maximum absolute atomic E-state index is 13.2. The number of carbonyl (C=O) groups excluding carboxylic acids is 2. The summed E-state index contributed by atoms with van der Waals surface area (Å²) in [5.41, 5.74) is 4.19. The average molecular weight is 440 g/mol. The first-order valence-corrected chi connectivity index (χ1v) is 11.0. The maximum Gasteiger partial charge on any atom is 0.295 e. The van der Waals surface area contributed by atoms with Crippen molar-refractivity contribution in [2.75, 3.05) is 6.61 Å². The van der Waals surface area contributed by atoms with Gasteiger partial charge in [-0.2, -0.15) is 0 Å². The topological polar surface area (TPSA) is 79.7 Å². The number of amides is 1. The summed E-state index contributed by atoms with van der Waals surface area (Å²) in [5, 5.41) is 11.3. The molecule has 1 saturated heterocycles. The Morgan fingerprint density at radius 1 is 1.15 bits per heavy atom. The van der Waals surface area contributed by atoms with Gasteiger partial charge >= 0.3 is 0 Å². The van der Waals surface area contributed by atoms with Gasteiger partial charge in [-0.15, -0.1) is 0 Å². The fourth-order valence-electron chi connectivity index (χ4n) is 4.58. The van der Waals surface area contributed by atoms with Crippen LogP contribution in [-0.2, 0) is 22.6 Å². The number of aliphatic hydroxyl groups is 1. The van der Waals surface area contributed by atoms with E-state index < -0.39 is 17.7 Å². The lowest BCUT2D eigenvalue weighted by Crippen LogP contribution is -2.29. The number of ketones is 1. The van der Waals surface area contributed by atoms with Crippen molar-refractivity contribution in [3.63, 3.8) is 0 Å². The molecule has 1 aromatic heterocycles. The van der Waals surface area contributed by atoms with E-state index in [2.05, 4.69) is 4.98 Å². The van der Waals surface area contributed by atoms with E-state index in [4.69, 9.17) is 4.74 Å². The van der Waals surface area contributed by atoms with Crippen LogP contribution in [0.2, 0.25) is 0 Å². The van der Waals surface area contributed by atoms with Crippen molar-refractivity contribution in [2.45, 2.75) is 32.4 Å². The third-order valence-electron chi connectivity index (χ3n) is 6.16. The number of likely N-dealkylation sites (tertiary alicyclic amines) is 1. The van der Waals surface area contributed by atoms with Gasteiger partial charge in [-0.1, -0.05) is 35.9 Å². The lowest BCUT2D eigenvalue weighted by atomic mass is 9.93. The SMILES string of the molecule is Cc1cccc(C2/C(=C(/O)c3ccc4c(c3)CCCO4)C(=O)C(=O)N2Cc2cccnc2)c1. The second-order valence-electron chi connectivity index (χ2n) is 8.48. The minimum absolute atomic E-state index is 0.103. The van der Waals surface area contributed by atoms with E-state index in [0.717, 1.165) is 40.8 Å². The van der Waals surface area contributed by atoms with Crippen LogP contribution < -0.4 is 4.74 Å². The highest BCUT2D eigenvalue weighted by Gasteiger charge is 2.46. The van der Waals surface area contributed by atoms with Crippen LogP contribution in [0, 0.1) is 6.92 Å². The van der Waals surface area contributed by atoms with Gasteiger partial charge in [0.05, 0.1) is 18.2 Å². The molecule has 1 fully saturated rings. The van der Waals surface area contributed by atoms with Crippen LogP contribution in [0.1, 0.15) is 40.3 Å². The van der Waals surface area contributed by atoms with Crippen LogP contribution in [0.25, 0.3) is 5.76 Å². The number of nitrogens with zero attached hydrogens (tertiary/aromatic N) is 2. The van der Waals surface area contributed by atoms with Crippen LogP contribution in [0.3, 0.4) is 0 Å². The Balaban J connectivity index is 1.64. The number of fused-ring (bicyclic) bond motifs is 1. The summed E-state index contributed by atoms with van der Waals surface area (Å²) in [7, 11) is 0. The van der Waals surface area contributed by atoms with E-state index in [0.29, 0.717) is 12.2 Å². The van der Waals surface area contributed by atoms with Gasteiger partial charge in [0.15, 0.2) is 0 Å². The van der Waals surface area contributed by atoms with Gasteiger partial charge in [-0.05, 0) is 60.7 Å². The molecule has 1 atom stereocenters. The second-order valence-corrected chi connectivity index (χ2v) is 8.48. The predicted octanol–water partition coefficient (Wildman–Crippen LogP) is 4.34. The van der Waals surface area contributed by atoms with Gasteiger partial charge in [0.25, 0.3) is 11.7 Å². The minimum Gasteiger partial charge on any atom is -0.507 e. The molecule has 3 heterocycles. The van der Waals surface area contributed by atoms with E-state index in [1.165, 1.54) is 4.90 Å². The van der Waals surface area contributed by atoms with Crippen LogP contribution in [0.4, 0.5) is 0 Å². The molecule has 1 unspecified atom stereocenters. The first kappa shape index (κ1) is 20.9. The standard InChI is InChI=1S/C27H24N2O4/c1-17-5-2-7-20(13-17)24-23(25(30)21-9-10-22-19(14-21)8-4-12-33-22)26(31)27(32)29(24)16-18-6-3-11-28-15-18/h2-3,5-7,9-11,13-15,24,30H,4,8,12,16H2,1H3/b25-23-. The van der Waals surface area contributed by atoms with Crippen LogP contribution in [0.15, 0.2) is 72.6 Å². The predicted molar refractivity (Wildman–Crippen MR) is 124 cm³/mol. The number of pyridine rings is 1. The number of aromatic nitrogens is 1. The molecule has 3 aromatic rings. The molecule has 0 bridgehead atoms. The molecule has 2 aliphatic rings. The Bertz CT molecular complexity index is 1270. The Labute approximate surface area is 192 Å². The first-order chi connectivity index (χ1) is 16.0. The van der Waals surface area contributed by atoms with Crippen molar-refractivity contribution >= 4 is 17.4 Å². The number of benzene rings is 2. The van der Waals surface area contributed by atoms with Gasteiger partial charge in [-0.25, -0.2) is 0 Å². The lowest BCUT2D eigenvalue weighted by molar-refractivity contribution is -0.140. The maximum atomic E-state index is 13.2. The molecule has 33 heavy (non-hydrogen) atoms. The van der Waals surface area contributed by atoms with Crippen molar-refractivity contribution < 1.29 is 19.4 Å². The van der Waals surface area contributed by atoms with E-state index in [9.17, 15) is 14.7 Å². The average Bonchev–Trinajstić information content (AvgIpc) is 3.09. The Morgan fingerprint density at radius 2 is 2.03 bits per heavy atom.